The number of rotatable bonds is 10. The molecule has 1 aromatic heterocycles. The van der Waals surface area contributed by atoms with Gasteiger partial charge in [-0.3, -0.25) is 0 Å². The van der Waals surface area contributed by atoms with Crippen LogP contribution in [-0.2, 0) is 9.47 Å². The third-order valence-electron chi connectivity index (χ3n) is 4.22. The van der Waals surface area contributed by atoms with Crippen LogP contribution in [0.4, 0.5) is 5.95 Å². The fourth-order valence-electron chi connectivity index (χ4n) is 2.36. The van der Waals surface area contributed by atoms with Crippen molar-refractivity contribution in [2.45, 2.75) is 46.1 Å². The molecule has 0 aliphatic carbocycles. The molecule has 0 saturated heterocycles. The molecule has 1 heterocycles. The zero-order valence-electron chi connectivity index (χ0n) is 17.5. The highest BCUT2D eigenvalue weighted by atomic mass is 16.5. The van der Waals surface area contributed by atoms with Gasteiger partial charge in [0.1, 0.15) is 0 Å². The highest BCUT2D eigenvalue weighted by molar-refractivity contribution is 5.84. The Balaban J connectivity index is 0.000000293. The molecule has 0 fully saturated rings. The van der Waals surface area contributed by atoms with Crippen molar-refractivity contribution in [2.24, 2.45) is 0 Å². The van der Waals surface area contributed by atoms with Crippen LogP contribution in [0.15, 0.2) is 25.3 Å². The fourth-order valence-corrected chi connectivity index (χ4v) is 2.36. The second kappa shape index (κ2) is 11.6. The molecule has 0 amide bonds. The largest absolute Gasteiger partial charge is 0.381 e. The summed E-state index contributed by atoms with van der Waals surface area (Å²) in [5.74, 6) is 0.800. The van der Waals surface area contributed by atoms with Gasteiger partial charge in [-0.2, -0.15) is 0 Å². The van der Waals surface area contributed by atoms with Crippen molar-refractivity contribution in [3.8, 4) is 0 Å². The molecule has 0 aliphatic heterocycles. The number of nitrogens with zero attached hydrogens (tertiary/aromatic N) is 1. The summed E-state index contributed by atoms with van der Waals surface area (Å²) in [6.45, 7) is 18.4. The van der Waals surface area contributed by atoms with Crippen molar-refractivity contribution in [1.82, 2.24) is 9.97 Å². The topological polar surface area (TPSA) is 59.2 Å². The molecule has 0 saturated carbocycles. The maximum Gasteiger partial charge on any atom is 0.201 e. The van der Waals surface area contributed by atoms with Crippen LogP contribution in [0.5, 0.6) is 0 Å². The molecule has 2 rings (SSSR count). The van der Waals surface area contributed by atoms with Gasteiger partial charge in [0, 0.05) is 26.9 Å². The number of hydrogen-bond donors (Lipinski definition) is 2. The molecule has 5 nitrogen and oxygen atoms in total. The minimum Gasteiger partial charge on any atom is -0.381 e. The van der Waals surface area contributed by atoms with Crippen LogP contribution < -0.4 is 5.32 Å². The lowest BCUT2D eigenvalue weighted by Gasteiger charge is -2.22. The predicted molar refractivity (Wildman–Crippen MR) is 117 cm³/mol. The van der Waals surface area contributed by atoms with Gasteiger partial charge in [0.15, 0.2) is 0 Å². The van der Waals surface area contributed by atoms with Gasteiger partial charge in [-0.05, 0) is 56.9 Å². The number of fused-ring (bicyclic) bond motifs is 1. The molecule has 2 aromatic rings. The molecule has 150 valence electrons. The Bertz CT molecular complexity index is 675. The van der Waals surface area contributed by atoms with Gasteiger partial charge in [-0.15, -0.1) is 0 Å². The molecule has 27 heavy (non-hydrogen) atoms. The van der Waals surface area contributed by atoms with E-state index >= 15 is 0 Å². The number of methoxy groups -OCH3 is 1. The maximum atomic E-state index is 5.34. The van der Waals surface area contributed by atoms with E-state index in [4.69, 9.17) is 9.47 Å². The lowest BCUT2D eigenvalue weighted by molar-refractivity contribution is -0.00967. The first kappa shape index (κ1) is 22.9. The van der Waals surface area contributed by atoms with E-state index in [0.29, 0.717) is 0 Å². The summed E-state index contributed by atoms with van der Waals surface area (Å²) in [4.78, 5) is 7.66. The summed E-state index contributed by atoms with van der Waals surface area (Å²) in [6, 6.07) is 4.05. The number of nitrogens with one attached hydrogen (secondary N) is 2. The van der Waals surface area contributed by atoms with Crippen LogP contribution in [0.2, 0.25) is 0 Å². The van der Waals surface area contributed by atoms with Crippen LogP contribution in [0.3, 0.4) is 0 Å². The molecule has 0 atom stereocenters. The molecule has 5 heteroatoms. The smallest absolute Gasteiger partial charge is 0.201 e. The van der Waals surface area contributed by atoms with E-state index in [9.17, 15) is 0 Å². The normalized spacial score (nSPS) is 11.0. The Morgan fingerprint density at radius 1 is 1.15 bits per heavy atom. The number of imidazole rings is 1. The maximum absolute atomic E-state index is 5.34. The highest BCUT2D eigenvalue weighted by Crippen LogP contribution is 2.21. The van der Waals surface area contributed by atoms with E-state index in [2.05, 4.69) is 49.2 Å². The van der Waals surface area contributed by atoms with E-state index in [-0.39, 0.29) is 5.60 Å². The van der Waals surface area contributed by atoms with Crippen molar-refractivity contribution < 1.29 is 9.47 Å². The summed E-state index contributed by atoms with van der Waals surface area (Å²) < 4.78 is 10.6. The molecule has 0 bridgehead atoms. The fraction of sp³-hybridized carbons (Fsp3) is 0.500. The zero-order valence-corrected chi connectivity index (χ0v) is 17.5. The van der Waals surface area contributed by atoms with E-state index in [1.54, 1.807) is 7.11 Å². The minimum absolute atomic E-state index is 0.0340. The average Bonchev–Trinajstić information content (AvgIpc) is 3.06. The summed E-state index contributed by atoms with van der Waals surface area (Å²) in [5, 5.41) is 3.15. The molecule has 1 aromatic carbocycles. The third-order valence-corrected chi connectivity index (χ3v) is 4.22. The predicted octanol–water partition coefficient (Wildman–Crippen LogP) is 5.51. The Morgan fingerprint density at radius 2 is 1.81 bits per heavy atom. The summed E-state index contributed by atoms with van der Waals surface area (Å²) >= 11 is 0. The van der Waals surface area contributed by atoms with Crippen LogP contribution in [0.1, 0.15) is 51.7 Å². The highest BCUT2D eigenvalue weighted by Gasteiger charge is 2.15. The van der Waals surface area contributed by atoms with Gasteiger partial charge in [0.05, 0.1) is 16.6 Å². The van der Waals surface area contributed by atoms with Gasteiger partial charge in [0.25, 0.3) is 0 Å². The van der Waals surface area contributed by atoms with Crippen LogP contribution in [-0.4, -0.2) is 42.4 Å². The molecular weight excluding hydrogens is 338 g/mol. The third kappa shape index (κ3) is 7.57. The molecule has 0 aliphatic rings. The number of H-pyrrole nitrogens is 1. The van der Waals surface area contributed by atoms with Crippen LogP contribution in [0.25, 0.3) is 23.2 Å². The second-order valence-electron chi connectivity index (χ2n) is 6.85. The van der Waals surface area contributed by atoms with E-state index in [1.807, 2.05) is 31.2 Å². The number of hydrogen-bond acceptors (Lipinski definition) is 4. The molecular formula is C22H35N3O2. The van der Waals surface area contributed by atoms with Gasteiger partial charge < -0.3 is 19.8 Å². The number of anilines is 1. The van der Waals surface area contributed by atoms with E-state index < -0.39 is 0 Å². The van der Waals surface area contributed by atoms with E-state index in [0.717, 1.165) is 60.7 Å². The number of benzene rings is 1. The monoisotopic (exact) mass is 373 g/mol. The van der Waals surface area contributed by atoms with E-state index in [1.165, 1.54) is 0 Å². The first-order valence-electron chi connectivity index (χ1n) is 9.56. The van der Waals surface area contributed by atoms with Crippen LogP contribution in [0, 0.1) is 0 Å². The number of aromatic nitrogens is 2. The molecule has 2 N–H and O–H groups in total. The van der Waals surface area contributed by atoms with Gasteiger partial charge in [-0.25, -0.2) is 4.98 Å². The Morgan fingerprint density at radius 3 is 2.37 bits per heavy atom. The van der Waals surface area contributed by atoms with Crippen molar-refractivity contribution >= 4 is 29.1 Å². The lowest BCUT2D eigenvalue weighted by Crippen LogP contribution is -2.24. The Labute approximate surface area is 163 Å². The second-order valence-corrected chi connectivity index (χ2v) is 6.85. The van der Waals surface area contributed by atoms with Gasteiger partial charge in [0.2, 0.25) is 5.95 Å². The Kier molecular flexibility index (Phi) is 9.83. The molecule has 0 unspecified atom stereocenters. The minimum atomic E-state index is -0.0340. The molecule has 0 spiro atoms. The van der Waals surface area contributed by atoms with Gasteiger partial charge >= 0.3 is 0 Å². The van der Waals surface area contributed by atoms with Crippen LogP contribution >= 0.6 is 0 Å². The van der Waals surface area contributed by atoms with Gasteiger partial charge in [-0.1, -0.05) is 32.2 Å². The Hall–Kier alpha value is -2.11. The first-order valence-corrected chi connectivity index (χ1v) is 9.56. The standard InChI is InChI=1S/C13H15N3.C9H20O2/c1-4-9-7-11-12(8-10(9)5-2)16-13(15-11)14-6-3;1-5-7-11-8-6-9(2,3)10-4/h4-5,7-8H,1-2,6H2,3H3,(H2,14,15,16);5-8H2,1-4H3. The summed E-state index contributed by atoms with van der Waals surface area (Å²) in [6.07, 6.45) is 5.69. The zero-order chi connectivity index (χ0) is 20.3. The quantitative estimate of drug-likeness (QED) is 0.539. The van der Waals surface area contributed by atoms with Crippen molar-refractivity contribution in [2.75, 3.05) is 32.2 Å². The first-order chi connectivity index (χ1) is 12.9. The van der Waals surface area contributed by atoms with Crippen molar-refractivity contribution in [1.29, 1.82) is 0 Å². The number of ether oxygens (including phenoxy) is 2. The van der Waals surface area contributed by atoms with Crippen molar-refractivity contribution in [3.63, 3.8) is 0 Å². The van der Waals surface area contributed by atoms with Crippen molar-refractivity contribution in [3.05, 3.63) is 36.4 Å². The number of aromatic amines is 1. The molecule has 0 radical (unpaired) electrons. The summed E-state index contributed by atoms with van der Waals surface area (Å²) in [5.41, 5.74) is 4.03. The SMILES string of the molecule is C=Cc1cc2nc(NCC)[nH]c2cc1C=C.CCCOCCC(C)(C)OC. The summed E-state index contributed by atoms with van der Waals surface area (Å²) in [7, 11) is 1.74. The lowest BCUT2D eigenvalue weighted by atomic mass is 10.1. The average molecular weight is 374 g/mol.